The SMILES string of the molecule is CCC(CCN)CCc1nc(-c2ccncc2C)no1. The van der Waals surface area contributed by atoms with Gasteiger partial charge in [0, 0.05) is 24.4 Å². The Labute approximate surface area is 119 Å². The number of hydrogen-bond acceptors (Lipinski definition) is 5. The van der Waals surface area contributed by atoms with Crippen molar-refractivity contribution in [2.24, 2.45) is 11.7 Å². The lowest BCUT2D eigenvalue weighted by Gasteiger charge is -2.11. The van der Waals surface area contributed by atoms with Gasteiger partial charge in [-0.15, -0.1) is 0 Å². The molecule has 2 aromatic rings. The van der Waals surface area contributed by atoms with Gasteiger partial charge in [-0.1, -0.05) is 18.5 Å². The maximum atomic E-state index is 5.61. The first-order valence-electron chi connectivity index (χ1n) is 7.18. The van der Waals surface area contributed by atoms with Gasteiger partial charge in [-0.3, -0.25) is 4.98 Å². The zero-order chi connectivity index (χ0) is 14.4. The van der Waals surface area contributed by atoms with Crippen LogP contribution in [0.3, 0.4) is 0 Å². The van der Waals surface area contributed by atoms with Gasteiger partial charge in [-0.05, 0) is 43.9 Å². The Balaban J connectivity index is 2.01. The molecule has 0 spiro atoms. The maximum Gasteiger partial charge on any atom is 0.226 e. The summed E-state index contributed by atoms with van der Waals surface area (Å²) in [7, 11) is 0. The minimum Gasteiger partial charge on any atom is -0.339 e. The molecule has 0 saturated carbocycles. The maximum absolute atomic E-state index is 5.61. The number of aromatic nitrogens is 3. The summed E-state index contributed by atoms with van der Waals surface area (Å²) in [4.78, 5) is 8.54. The van der Waals surface area contributed by atoms with Gasteiger partial charge in [0.1, 0.15) is 0 Å². The lowest BCUT2D eigenvalue weighted by Crippen LogP contribution is -2.09. The second-order valence-electron chi connectivity index (χ2n) is 5.09. The smallest absolute Gasteiger partial charge is 0.226 e. The van der Waals surface area contributed by atoms with Gasteiger partial charge in [-0.25, -0.2) is 0 Å². The molecule has 0 aliphatic carbocycles. The van der Waals surface area contributed by atoms with Crippen molar-refractivity contribution in [3.63, 3.8) is 0 Å². The van der Waals surface area contributed by atoms with Crippen LogP contribution in [0.1, 0.15) is 37.6 Å². The lowest BCUT2D eigenvalue weighted by atomic mass is 9.97. The fraction of sp³-hybridized carbons (Fsp3) is 0.533. The van der Waals surface area contributed by atoms with Crippen LogP contribution in [-0.2, 0) is 6.42 Å². The largest absolute Gasteiger partial charge is 0.339 e. The van der Waals surface area contributed by atoms with Crippen molar-refractivity contribution in [1.29, 1.82) is 0 Å². The monoisotopic (exact) mass is 274 g/mol. The average Bonchev–Trinajstić information content (AvgIpc) is 2.92. The van der Waals surface area contributed by atoms with Gasteiger partial charge in [0.05, 0.1) is 0 Å². The van der Waals surface area contributed by atoms with Crippen LogP contribution in [0, 0.1) is 12.8 Å². The molecule has 0 aliphatic heterocycles. The molecule has 0 radical (unpaired) electrons. The first-order chi connectivity index (χ1) is 9.74. The molecule has 2 aromatic heterocycles. The van der Waals surface area contributed by atoms with Crippen LogP contribution < -0.4 is 5.73 Å². The standard InChI is InChI=1S/C15H22N4O/c1-3-12(6-8-16)4-5-14-18-15(19-20-14)13-7-9-17-10-11(13)2/h7,9-10,12H,3-6,8,16H2,1-2H3. The summed E-state index contributed by atoms with van der Waals surface area (Å²) < 4.78 is 5.33. The zero-order valence-corrected chi connectivity index (χ0v) is 12.2. The molecular formula is C15H22N4O. The Morgan fingerprint density at radius 1 is 1.35 bits per heavy atom. The fourth-order valence-electron chi connectivity index (χ4n) is 2.31. The number of aryl methyl sites for hydroxylation is 2. The third-order valence-corrected chi connectivity index (χ3v) is 3.65. The van der Waals surface area contributed by atoms with Crippen LogP contribution in [0.5, 0.6) is 0 Å². The summed E-state index contributed by atoms with van der Waals surface area (Å²) in [5, 5.41) is 4.06. The molecule has 0 amide bonds. The molecule has 0 saturated heterocycles. The number of pyridine rings is 1. The van der Waals surface area contributed by atoms with E-state index >= 15 is 0 Å². The van der Waals surface area contributed by atoms with Crippen LogP contribution in [0.2, 0.25) is 0 Å². The average molecular weight is 274 g/mol. The Bertz CT molecular complexity index is 538. The van der Waals surface area contributed by atoms with Crippen molar-refractivity contribution in [3.8, 4) is 11.4 Å². The summed E-state index contributed by atoms with van der Waals surface area (Å²) in [5.74, 6) is 1.98. The van der Waals surface area contributed by atoms with Crippen LogP contribution in [0.4, 0.5) is 0 Å². The highest BCUT2D eigenvalue weighted by Gasteiger charge is 2.12. The van der Waals surface area contributed by atoms with E-state index in [0.29, 0.717) is 17.6 Å². The van der Waals surface area contributed by atoms with E-state index in [0.717, 1.165) is 43.4 Å². The molecule has 2 N–H and O–H groups in total. The summed E-state index contributed by atoms with van der Waals surface area (Å²) in [6.07, 6.45) is 7.61. The Kier molecular flexibility index (Phi) is 5.24. The first kappa shape index (κ1) is 14.7. The highest BCUT2D eigenvalue weighted by Crippen LogP contribution is 2.20. The number of nitrogens with two attached hydrogens (primary N) is 1. The van der Waals surface area contributed by atoms with Crippen molar-refractivity contribution in [2.75, 3.05) is 6.54 Å². The normalized spacial score (nSPS) is 12.6. The van der Waals surface area contributed by atoms with Gasteiger partial charge in [0.2, 0.25) is 11.7 Å². The zero-order valence-electron chi connectivity index (χ0n) is 12.2. The number of rotatable bonds is 7. The predicted molar refractivity (Wildman–Crippen MR) is 78.0 cm³/mol. The van der Waals surface area contributed by atoms with E-state index in [-0.39, 0.29) is 0 Å². The lowest BCUT2D eigenvalue weighted by molar-refractivity contribution is 0.354. The van der Waals surface area contributed by atoms with Crippen molar-refractivity contribution in [3.05, 3.63) is 29.9 Å². The topological polar surface area (TPSA) is 77.8 Å². The molecule has 108 valence electrons. The Hall–Kier alpha value is -1.75. The van der Waals surface area contributed by atoms with E-state index < -0.39 is 0 Å². The molecule has 2 rings (SSSR count). The quantitative estimate of drug-likeness (QED) is 0.840. The van der Waals surface area contributed by atoms with E-state index in [4.69, 9.17) is 10.3 Å². The van der Waals surface area contributed by atoms with Crippen molar-refractivity contribution in [1.82, 2.24) is 15.1 Å². The van der Waals surface area contributed by atoms with Crippen molar-refractivity contribution >= 4 is 0 Å². The molecule has 5 nitrogen and oxygen atoms in total. The van der Waals surface area contributed by atoms with Gasteiger partial charge < -0.3 is 10.3 Å². The molecule has 5 heteroatoms. The predicted octanol–water partition coefficient (Wildman–Crippen LogP) is 2.75. The first-order valence-corrected chi connectivity index (χ1v) is 7.18. The van der Waals surface area contributed by atoms with Crippen LogP contribution in [-0.4, -0.2) is 21.7 Å². The molecule has 1 unspecified atom stereocenters. The van der Waals surface area contributed by atoms with Gasteiger partial charge >= 0.3 is 0 Å². The Morgan fingerprint density at radius 2 is 2.20 bits per heavy atom. The molecule has 0 aliphatic rings. The third-order valence-electron chi connectivity index (χ3n) is 3.65. The minimum atomic E-state index is 0.637. The number of nitrogens with zero attached hydrogens (tertiary/aromatic N) is 3. The van der Waals surface area contributed by atoms with Crippen LogP contribution in [0.15, 0.2) is 23.0 Å². The van der Waals surface area contributed by atoms with E-state index in [1.165, 1.54) is 0 Å². The van der Waals surface area contributed by atoms with Crippen LogP contribution >= 0.6 is 0 Å². The molecule has 1 atom stereocenters. The van der Waals surface area contributed by atoms with E-state index in [1.54, 1.807) is 12.4 Å². The summed E-state index contributed by atoms with van der Waals surface area (Å²) in [5.41, 5.74) is 7.64. The van der Waals surface area contributed by atoms with Crippen LogP contribution in [0.25, 0.3) is 11.4 Å². The molecular weight excluding hydrogens is 252 g/mol. The summed E-state index contributed by atoms with van der Waals surface area (Å²) in [6, 6.07) is 1.91. The fourth-order valence-corrected chi connectivity index (χ4v) is 2.31. The molecule has 0 fully saturated rings. The van der Waals surface area contributed by atoms with E-state index in [1.807, 2.05) is 13.0 Å². The minimum absolute atomic E-state index is 0.637. The number of hydrogen-bond donors (Lipinski definition) is 1. The Morgan fingerprint density at radius 3 is 2.90 bits per heavy atom. The van der Waals surface area contributed by atoms with Gasteiger partial charge in [-0.2, -0.15) is 4.98 Å². The molecule has 0 aromatic carbocycles. The highest BCUT2D eigenvalue weighted by molar-refractivity contribution is 5.57. The van der Waals surface area contributed by atoms with E-state index in [2.05, 4.69) is 22.0 Å². The van der Waals surface area contributed by atoms with Gasteiger partial charge in [0.25, 0.3) is 0 Å². The molecule has 20 heavy (non-hydrogen) atoms. The third kappa shape index (κ3) is 3.63. The molecule has 0 bridgehead atoms. The van der Waals surface area contributed by atoms with E-state index in [9.17, 15) is 0 Å². The van der Waals surface area contributed by atoms with Gasteiger partial charge in [0.15, 0.2) is 0 Å². The summed E-state index contributed by atoms with van der Waals surface area (Å²) >= 11 is 0. The van der Waals surface area contributed by atoms with Crippen molar-refractivity contribution in [2.45, 2.75) is 39.5 Å². The molecule has 2 heterocycles. The second-order valence-corrected chi connectivity index (χ2v) is 5.09. The highest BCUT2D eigenvalue weighted by atomic mass is 16.5. The summed E-state index contributed by atoms with van der Waals surface area (Å²) in [6.45, 7) is 4.93. The van der Waals surface area contributed by atoms with Crippen molar-refractivity contribution < 1.29 is 4.52 Å². The second kappa shape index (κ2) is 7.14.